The molecule has 0 saturated carbocycles. The fraction of sp³-hybridized carbons (Fsp3) is 0.182. The van der Waals surface area contributed by atoms with Crippen molar-refractivity contribution in [3.63, 3.8) is 0 Å². The highest BCUT2D eigenvalue weighted by molar-refractivity contribution is 7.78. The molecule has 0 aliphatic heterocycles. The molecule has 0 radical (unpaired) electrons. The van der Waals surface area contributed by atoms with Gasteiger partial charge in [-0.2, -0.15) is 0 Å². The van der Waals surface area contributed by atoms with Crippen LogP contribution in [-0.4, -0.2) is 14.0 Å². The maximum atomic E-state index is 11.1. The van der Waals surface area contributed by atoms with Gasteiger partial charge in [0.2, 0.25) is 0 Å². The first-order valence-electron chi connectivity index (χ1n) is 4.49. The maximum absolute atomic E-state index is 11.1. The molecule has 1 N–H and O–H groups in total. The van der Waals surface area contributed by atoms with Crippen molar-refractivity contribution in [1.82, 2.24) is 0 Å². The van der Waals surface area contributed by atoms with Crippen LogP contribution in [0.2, 0.25) is 0 Å². The van der Waals surface area contributed by atoms with Crippen LogP contribution in [0.15, 0.2) is 18.7 Å². The van der Waals surface area contributed by atoms with E-state index in [9.17, 15) is 9.00 Å². The van der Waals surface area contributed by atoms with Crippen LogP contribution >= 0.6 is 11.6 Å². The van der Waals surface area contributed by atoms with Gasteiger partial charge in [-0.1, -0.05) is 18.7 Å². The van der Waals surface area contributed by atoms with Gasteiger partial charge >= 0.3 is 0 Å². The van der Waals surface area contributed by atoms with E-state index in [2.05, 4.69) is 6.58 Å². The summed E-state index contributed by atoms with van der Waals surface area (Å²) in [5.74, 6) is -0.0429. The molecular formula is C11H11ClO3S. The zero-order chi connectivity index (χ0) is 12.3. The lowest BCUT2D eigenvalue weighted by atomic mass is 10.0. The van der Waals surface area contributed by atoms with E-state index in [1.807, 2.05) is 0 Å². The molecule has 16 heavy (non-hydrogen) atoms. The van der Waals surface area contributed by atoms with E-state index in [1.54, 1.807) is 19.1 Å². The quantitative estimate of drug-likeness (QED) is 0.667. The summed E-state index contributed by atoms with van der Waals surface area (Å²) in [6.45, 7) is 5.37. The molecular weight excluding hydrogens is 248 g/mol. The van der Waals surface area contributed by atoms with E-state index >= 15 is 0 Å². The molecule has 3 nitrogen and oxygen atoms in total. The largest absolute Gasteiger partial charge is 0.306 e. The van der Waals surface area contributed by atoms with Crippen molar-refractivity contribution in [2.24, 2.45) is 0 Å². The minimum Gasteiger partial charge on any atom is -0.306 e. The zero-order valence-electron chi connectivity index (χ0n) is 8.70. The summed E-state index contributed by atoms with van der Waals surface area (Å²) in [4.78, 5) is 11.1. The first-order valence-corrected chi connectivity index (χ1v) is 6.14. The molecule has 1 aromatic rings. The summed E-state index contributed by atoms with van der Waals surface area (Å²) in [7, 11) is 0. The van der Waals surface area contributed by atoms with Crippen molar-refractivity contribution in [2.45, 2.75) is 12.7 Å². The van der Waals surface area contributed by atoms with E-state index in [0.717, 1.165) is 11.1 Å². The number of benzene rings is 1. The number of aryl methyl sites for hydroxylation is 1. The Balaban J connectivity index is 3.33. The van der Waals surface area contributed by atoms with Crippen LogP contribution in [0.5, 0.6) is 0 Å². The SMILES string of the molecule is C=Cc1cc(C)c(C(=O)Cl)cc1CS(=O)O. The summed E-state index contributed by atoms with van der Waals surface area (Å²) < 4.78 is 19.6. The molecule has 0 amide bonds. The molecule has 0 fully saturated rings. The molecule has 0 bridgehead atoms. The summed E-state index contributed by atoms with van der Waals surface area (Å²) in [6.07, 6.45) is 1.58. The molecule has 5 heteroatoms. The van der Waals surface area contributed by atoms with Gasteiger partial charge in [0.1, 0.15) is 0 Å². The number of hydrogen-bond donors (Lipinski definition) is 1. The minimum absolute atomic E-state index is 0.0429. The summed E-state index contributed by atoms with van der Waals surface area (Å²) in [6, 6.07) is 3.26. The van der Waals surface area contributed by atoms with E-state index in [4.69, 9.17) is 16.2 Å². The third-order valence-corrected chi connectivity index (χ3v) is 2.96. The van der Waals surface area contributed by atoms with Gasteiger partial charge in [-0.25, -0.2) is 4.21 Å². The van der Waals surface area contributed by atoms with Crippen molar-refractivity contribution in [1.29, 1.82) is 0 Å². The Kier molecular flexibility index (Phi) is 4.41. The first kappa shape index (κ1) is 13.1. The van der Waals surface area contributed by atoms with Gasteiger partial charge in [0, 0.05) is 5.56 Å². The van der Waals surface area contributed by atoms with E-state index in [-0.39, 0.29) is 5.75 Å². The summed E-state index contributed by atoms with van der Waals surface area (Å²) in [5, 5.41) is -0.571. The fourth-order valence-electron chi connectivity index (χ4n) is 1.43. The van der Waals surface area contributed by atoms with Gasteiger partial charge < -0.3 is 4.55 Å². The van der Waals surface area contributed by atoms with Crippen molar-refractivity contribution in [2.75, 3.05) is 0 Å². The Hall–Kier alpha value is -0.970. The lowest BCUT2D eigenvalue weighted by Crippen LogP contribution is -2.01. The minimum atomic E-state index is -1.96. The van der Waals surface area contributed by atoms with Crippen molar-refractivity contribution in [3.05, 3.63) is 41.0 Å². The zero-order valence-corrected chi connectivity index (χ0v) is 10.3. The van der Waals surface area contributed by atoms with Crippen LogP contribution < -0.4 is 0 Å². The second-order valence-electron chi connectivity index (χ2n) is 3.31. The Labute approximate surface area is 101 Å². The number of halogens is 1. The van der Waals surface area contributed by atoms with E-state index in [0.29, 0.717) is 11.1 Å². The summed E-state index contributed by atoms with van der Waals surface area (Å²) in [5.41, 5.74) is 2.40. The highest BCUT2D eigenvalue weighted by Gasteiger charge is 2.11. The lowest BCUT2D eigenvalue weighted by Gasteiger charge is -2.08. The van der Waals surface area contributed by atoms with Gasteiger partial charge in [0.25, 0.3) is 5.24 Å². The normalized spacial score (nSPS) is 12.2. The standard InChI is InChI=1S/C11H11ClO3S/c1-3-8-4-7(2)10(11(12)13)5-9(8)6-16(14)15/h3-5H,1,6H2,2H3,(H,14,15). The van der Waals surface area contributed by atoms with Crippen molar-refractivity contribution < 1.29 is 13.6 Å². The Morgan fingerprint density at radius 1 is 1.62 bits per heavy atom. The van der Waals surface area contributed by atoms with E-state index in [1.165, 1.54) is 6.07 Å². The van der Waals surface area contributed by atoms with Gasteiger partial charge in [-0.3, -0.25) is 4.79 Å². The molecule has 1 atom stereocenters. The molecule has 0 heterocycles. The topological polar surface area (TPSA) is 54.4 Å². The molecule has 1 unspecified atom stereocenters. The lowest BCUT2D eigenvalue weighted by molar-refractivity contribution is 0.108. The molecule has 0 aliphatic rings. The van der Waals surface area contributed by atoms with E-state index < -0.39 is 16.3 Å². The van der Waals surface area contributed by atoms with Crippen LogP contribution in [0.25, 0.3) is 6.08 Å². The van der Waals surface area contributed by atoms with Gasteiger partial charge in [0.05, 0.1) is 5.75 Å². The predicted molar refractivity (Wildman–Crippen MR) is 65.9 cm³/mol. The van der Waals surface area contributed by atoms with Crippen molar-refractivity contribution in [3.8, 4) is 0 Å². The molecule has 0 spiro atoms. The number of rotatable bonds is 4. The molecule has 0 aliphatic carbocycles. The summed E-state index contributed by atoms with van der Waals surface area (Å²) >= 11 is 3.45. The number of carbonyl (C=O) groups is 1. The van der Waals surface area contributed by atoms with Crippen LogP contribution in [-0.2, 0) is 16.8 Å². The third-order valence-electron chi connectivity index (χ3n) is 2.20. The Morgan fingerprint density at radius 3 is 2.69 bits per heavy atom. The molecule has 86 valence electrons. The molecule has 0 saturated heterocycles. The van der Waals surface area contributed by atoms with Crippen LogP contribution in [0.1, 0.15) is 27.0 Å². The second kappa shape index (κ2) is 5.39. The van der Waals surface area contributed by atoms with Gasteiger partial charge in [0.15, 0.2) is 11.1 Å². The average molecular weight is 259 g/mol. The van der Waals surface area contributed by atoms with Crippen LogP contribution in [0, 0.1) is 6.92 Å². The Morgan fingerprint density at radius 2 is 2.25 bits per heavy atom. The molecule has 1 rings (SSSR count). The smallest absolute Gasteiger partial charge is 0.252 e. The van der Waals surface area contributed by atoms with Gasteiger partial charge in [-0.05, 0) is 41.3 Å². The van der Waals surface area contributed by atoms with Crippen molar-refractivity contribution >= 4 is 34.0 Å². The monoisotopic (exact) mass is 258 g/mol. The third kappa shape index (κ3) is 3.01. The highest BCUT2D eigenvalue weighted by Crippen LogP contribution is 2.20. The molecule has 0 aromatic heterocycles. The first-order chi connectivity index (χ1) is 7.45. The Bertz CT molecular complexity index is 469. The number of hydrogen-bond acceptors (Lipinski definition) is 2. The molecule has 1 aromatic carbocycles. The maximum Gasteiger partial charge on any atom is 0.252 e. The predicted octanol–water partition coefficient (Wildman–Crippen LogP) is 2.74. The second-order valence-corrected chi connectivity index (χ2v) is 4.58. The van der Waals surface area contributed by atoms with Gasteiger partial charge in [-0.15, -0.1) is 0 Å². The van der Waals surface area contributed by atoms with Crippen LogP contribution in [0.3, 0.4) is 0 Å². The fourth-order valence-corrected chi connectivity index (χ4v) is 2.15. The number of carbonyl (C=O) groups excluding carboxylic acids is 1. The highest BCUT2D eigenvalue weighted by atomic mass is 35.5. The van der Waals surface area contributed by atoms with Crippen LogP contribution in [0.4, 0.5) is 0 Å². The average Bonchev–Trinajstić information content (AvgIpc) is 2.18.